The van der Waals surface area contributed by atoms with Gasteiger partial charge in [-0.05, 0) is 54.8 Å². The van der Waals surface area contributed by atoms with Crippen LogP contribution in [0.5, 0.6) is 0 Å². The van der Waals surface area contributed by atoms with Crippen molar-refractivity contribution >= 4 is 11.6 Å². The molecule has 0 bridgehead atoms. The van der Waals surface area contributed by atoms with E-state index in [1.54, 1.807) is 24.5 Å². The van der Waals surface area contributed by atoms with Gasteiger partial charge in [-0.2, -0.15) is 5.10 Å². The van der Waals surface area contributed by atoms with Gasteiger partial charge in [0, 0.05) is 36.2 Å². The van der Waals surface area contributed by atoms with E-state index in [1.165, 1.54) is 12.1 Å². The number of halogens is 1. The molecule has 5 nitrogen and oxygen atoms in total. The van der Waals surface area contributed by atoms with Crippen LogP contribution in [-0.4, -0.2) is 27.0 Å². The first-order valence-corrected chi connectivity index (χ1v) is 8.73. The third kappa shape index (κ3) is 3.49. The number of anilines is 1. The van der Waals surface area contributed by atoms with Crippen LogP contribution in [0.15, 0.2) is 48.8 Å². The number of hydrogen-bond donors (Lipinski definition) is 2. The van der Waals surface area contributed by atoms with Crippen molar-refractivity contribution in [2.24, 2.45) is 0 Å². The van der Waals surface area contributed by atoms with Gasteiger partial charge in [0.05, 0.1) is 11.9 Å². The number of Topliss-reactive ketones (excluding diaryl/α,β-unsaturated/α-hetero) is 1. The predicted molar refractivity (Wildman–Crippen MR) is 98.1 cm³/mol. The Bertz CT molecular complexity index is 910. The Labute approximate surface area is 150 Å². The summed E-state index contributed by atoms with van der Waals surface area (Å²) in [5.41, 5.74) is 3.62. The lowest BCUT2D eigenvalue weighted by Gasteiger charge is -2.22. The van der Waals surface area contributed by atoms with E-state index in [4.69, 9.17) is 0 Å². The minimum absolute atomic E-state index is 0.267. The average molecular weight is 350 g/mol. The second-order valence-corrected chi connectivity index (χ2v) is 6.55. The number of ketones is 1. The molecule has 2 heterocycles. The van der Waals surface area contributed by atoms with Crippen LogP contribution in [0.3, 0.4) is 0 Å². The van der Waals surface area contributed by atoms with Gasteiger partial charge in [-0.1, -0.05) is 0 Å². The number of aromatic nitrogens is 3. The molecule has 0 atom stereocenters. The summed E-state index contributed by atoms with van der Waals surface area (Å²) in [6.07, 6.45) is 6.47. The number of H-pyrrole nitrogens is 1. The van der Waals surface area contributed by atoms with Crippen LogP contribution in [0.25, 0.3) is 22.4 Å². The number of nitrogens with zero attached hydrogens (tertiary/aromatic N) is 2. The molecule has 26 heavy (non-hydrogen) atoms. The molecule has 0 saturated heterocycles. The number of benzene rings is 1. The Morgan fingerprint density at radius 3 is 2.62 bits per heavy atom. The van der Waals surface area contributed by atoms with Crippen LogP contribution in [0.1, 0.15) is 25.7 Å². The third-order valence-electron chi connectivity index (χ3n) is 4.74. The number of aromatic amines is 1. The molecule has 0 spiro atoms. The molecule has 2 aromatic heterocycles. The average Bonchev–Trinajstić information content (AvgIpc) is 3.14. The molecule has 132 valence electrons. The lowest BCUT2D eigenvalue weighted by atomic mass is 9.94. The molecule has 4 rings (SSSR count). The van der Waals surface area contributed by atoms with E-state index >= 15 is 0 Å². The van der Waals surface area contributed by atoms with Gasteiger partial charge in [0.15, 0.2) is 0 Å². The summed E-state index contributed by atoms with van der Waals surface area (Å²) in [6.45, 7) is 0. The van der Waals surface area contributed by atoms with E-state index in [1.807, 2.05) is 12.1 Å². The minimum Gasteiger partial charge on any atom is -0.367 e. The second kappa shape index (κ2) is 7.07. The summed E-state index contributed by atoms with van der Waals surface area (Å²) < 4.78 is 13.2. The van der Waals surface area contributed by atoms with Crippen molar-refractivity contribution in [1.29, 1.82) is 0 Å². The maximum atomic E-state index is 13.2. The van der Waals surface area contributed by atoms with Crippen LogP contribution in [0.4, 0.5) is 10.2 Å². The van der Waals surface area contributed by atoms with Gasteiger partial charge in [0.2, 0.25) is 0 Å². The Hall–Kier alpha value is -3.02. The second-order valence-electron chi connectivity index (χ2n) is 6.55. The standard InChI is InChI=1S/C20H19FN4O/c21-15-3-1-13(2-4-15)20-18(12-23-25-20)14-9-10-22-19(11-14)24-16-5-7-17(26)8-6-16/h1-4,9-12,16H,5-8H2,(H,22,24)(H,23,25). The van der Waals surface area contributed by atoms with Gasteiger partial charge in [-0.15, -0.1) is 0 Å². The molecule has 0 amide bonds. The summed E-state index contributed by atoms with van der Waals surface area (Å²) in [4.78, 5) is 15.8. The highest BCUT2D eigenvalue weighted by atomic mass is 19.1. The fraction of sp³-hybridized carbons (Fsp3) is 0.250. The molecule has 1 aliphatic rings. The number of pyridine rings is 1. The normalized spacial score (nSPS) is 15.2. The van der Waals surface area contributed by atoms with Gasteiger partial charge in [-0.25, -0.2) is 9.37 Å². The smallest absolute Gasteiger partial charge is 0.133 e. The maximum absolute atomic E-state index is 13.2. The quantitative estimate of drug-likeness (QED) is 0.740. The van der Waals surface area contributed by atoms with E-state index in [2.05, 4.69) is 20.5 Å². The van der Waals surface area contributed by atoms with Crippen molar-refractivity contribution < 1.29 is 9.18 Å². The number of rotatable bonds is 4. The summed E-state index contributed by atoms with van der Waals surface area (Å²) in [5.74, 6) is 0.858. The Kier molecular flexibility index (Phi) is 4.48. The summed E-state index contributed by atoms with van der Waals surface area (Å²) in [6, 6.07) is 10.5. The zero-order valence-corrected chi connectivity index (χ0v) is 14.2. The Balaban J connectivity index is 1.58. The Morgan fingerprint density at radius 2 is 1.85 bits per heavy atom. The van der Waals surface area contributed by atoms with Crippen LogP contribution in [-0.2, 0) is 4.79 Å². The molecule has 1 aromatic carbocycles. The number of nitrogens with one attached hydrogen (secondary N) is 2. The predicted octanol–water partition coefficient (Wildman–Crippen LogP) is 4.20. The van der Waals surface area contributed by atoms with Crippen molar-refractivity contribution in [2.45, 2.75) is 31.7 Å². The Morgan fingerprint density at radius 1 is 1.08 bits per heavy atom. The van der Waals surface area contributed by atoms with Crippen LogP contribution in [0.2, 0.25) is 0 Å². The molecule has 6 heteroatoms. The zero-order valence-electron chi connectivity index (χ0n) is 14.2. The van der Waals surface area contributed by atoms with Gasteiger partial charge in [0.25, 0.3) is 0 Å². The third-order valence-corrected chi connectivity index (χ3v) is 4.74. The maximum Gasteiger partial charge on any atom is 0.133 e. The molecule has 1 aliphatic carbocycles. The van der Waals surface area contributed by atoms with Gasteiger partial charge in [0.1, 0.15) is 17.4 Å². The number of hydrogen-bond acceptors (Lipinski definition) is 4. The van der Waals surface area contributed by atoms with Crippen LogP contribution >= 0.6 is 0 Å². The first-order chi connectivity index (χ1) is 12.7. The molecule has 3 aromatic rings. The lowest BCUT2D eigenvalue weighted by Crippen LogP contribution is -2.26. The molecular weight excluding hydrogens is 331 g/mol. The van der Waals surface area contributed by atoms with Crippen molar-refractivity contribution in [1.82, 2.24) is 15.2 Å². The fourth-order valence-corrected chi connectivity index (χ4v) is 3.31. The molecule has 0 aliphatic heterocycles. The van der Waals surface area contributed by atoms with Crippen molar-refractivity contribution in [3.63, 3.8) is 0 Å². The number of carbonyl (C=O) groups is 1. The minimum atomic E-state index is -0.267. The van der Waals surface area contributed by atoms with E-state index in [-0.39, 0.29) is 11.9 Å². The summed E-state index contributed by atoms with van der Waals surface area (Å²) in [5, 5.41) is 10.6. The van der Waals surface area contributed by atoms with Crippen LogP contribution in [0, 0.1) is 5.82 Å². The van der Waals surface area contributed by atoms with Crippen molar-refractivity contribution in [2.75, 3.05) is 5.32 Å². The molecular formula is C20H19FN4O. The van der Waals surface area contributed by atoms with Gasteiger partial charge < -0.3 is 5.32 Å². The SMILES string of the molecule is O=C1CCC(Nc2cc(-c3cn[nH]c3-c3ccc(F)cc3)ccn2)CC1. The van der Waals surface area contributed by atoms with E-state index in [9.17, 15) is 9.18 Å². The fourth-order valence-electron chi connectivity index (χ4n) is 3.31. The molecule has 2 N–H and O–H groups in total. The van der Waals surface area contributed by atoms with Gasteiger partial charge >= 0.3 is 0 Å². The summed E-state index contributed by atoms with van der Waals surface area (Å²) in [7, 11) is 0. The van der Waals surface area contributed by atoms with Crippen molar-refractivity contribution in [3.8, 4) is 22.4 Å². The highest BCUT2D eigenvalue weighted by Crippen LogP contribution is 2.31. The van der Waals surface area contributed by atoms with Crippen LogP contribution < -0.4 is 5.32 Å². The zero-order chi connectivity index (χ0) is 17.9. The van der Waals surface area contributed by atoms with E-state index < -0.39 is 0 Å². The molecule has 0 unspecified atom stereocenters. The molecule has 1 fully saturated rings. The summed E-state index contributed by atoms with van der Waals surface area (Å²) >= 11 is 0. The van der Waals surface area contributed by atoms with E-state index in [0.29, 0.717) is 18.6 Å². The highest BCUT2D eigenvalue weighted by Gasteiger charge is 2.19. The highest BCUT2D eigenvalue weighted by molar-refractivity contribution is 5.81. The molecule has 1 saturated carbocycles. The van der Waals surface area contributed by atoms with Gasteiger partial charge in [-0.3, -0.25) is 9.89 Å². The lowest BCUT2D eigenvalue weighted by molar-refractivity contribution is -0.120. The first kappa shape index (κ1) is 16.4. The topological polar surface area (TPSA) is 70.7 Å². The largest absolute Gasteiger partial charge is 0.367 e. The first-order valence-electron chi connectivity index (χ1n) is 8.73. The monoisotopic (exact) mass is 350 g/mol. The molecule has 0 radical (unpaired) electrons. The van der Waals surface area contributed by atoms with E-state index in [0.717, 1.165) is 41.0 Å². The number of carbonyl (C=O) groups excluding carboxylic acids is 1. The van der Waals surface area contributed by atoms with Crippen molar-refractivity contribution in [3.05, 3.63) is 54.6 Å².